The third kappa shape index (κ3) is 65.4. The molecule has 0 heterocycles. The van der Waals surface area contributed by atoms with Gasteiger partial charge in [-0.25, -0.2) is 9.13 Å². The van der Waals surface area contributed by atoms with Gasteiger partial charge >= 0.3 is 39.5 Å². The highest BCUT2D eigenvalue weighted by Crippen LogP contribution is 2.45. The van der Waals surface area contributed by atoms with E-state index in [4.69, 9.17) is 37.0 Å². The molecule has 0 fully saturated rings. The number of esters is 4. The highest BCUT2D eigenvalue weighted by molar-refractivity contribution is 7.47. The van der Waals surface area contributed by atoms with Crippen LogP contribution < -0.4 is 0 Å². The van der Waals surface area contributed by atoms with E-state index in [2.05, 4.69) is 41.5 Å². The molecule has 3 unspecified atom stereocenters. The summed E-state index contributed by atoms with van der Waals surface area (Å²) in [7, 11) is -9.91. The van der Waals surface area contributed by atoms with Gasteiger partial charge in [0.15, 0.2) is 12.2 Å². The maximum Gasteiger partial charge on any atom is 0.472 e. The second-order valence-corrected chi connectivity index (χ2v) is 30.0. The number of aliphatic hydroxyl groups is 1. The Morgan fingerprint density at radius 2 is 0.554 bits per heavy atom. The van der Waals surface area contributed by atoms with Crippen molar-refractivity contribution >= 4 is 39.5 Å². The molecule has 0 saturated heterocycles. The molecule has 0 aromatic carbocycles. The summed E-state index contributed by atoms with van der Waals surface area (Å²) in [6.45, 7) is 9.61. The summed E-state index contributed by atoms with van der Waals surface area (Å²) < 4.78 is 68.4. The maximum atomic E-state index is 13.1. The van der Waals surface area contributed by atoms with Crippen LogP contribution in [-0.2, 0) is 65.4 Å². The standard InChI is InChI=1S/C73H142O17P2/c1-7-10-12-14-16-18-20-25-33-39-45-51-57-72(77)89-68(61-83-70(75)55-49-43-37-31-23-19-17-15-13-11-8-2)63-87-91(79,80)85-59-67(74)60-86-92(81,82)88-64-69(62-84-71(76)56-50-44-38-32-28-27-30-36-42-48-54-66(6)9-3)90-73(78)58-52-46-40-34-26-22-21-24-29-35-41-47-53-65(4)5/h65-69,74H,7-64H2,1-6H3,(H,79,80)(H,81,82)/t66?,67-,68+,69+/m0/s1. The summed E-state index contributed by atoms with van der Waals surface area (Å²) in [6, 6.07) is 0. The zero-order valence-electron chi connectivity index (χ0n) is 59.9. The average molecular weight is 1350 g/mol. The van der Waals surface area contributed by atoms with E-state index in [0.717, 1.165) is 102 Å². The van der Waals surface area contributed by atoms with Crippen LogP contribution in [0, 0.1) is 11.8 Å². The van der Waals surface area contributed by atoms with Crippen LogP contribution in [0.1, 0.15) is 375 Å². The first-order valence-corrected chi connectivity index (χ1v) is 41.0. The van der Waals surface area contributed by atoms with Crippen molar-refractivity contribution in [3.05, 3.63) is 0 Å². The molecule has 19 heteroatoms. The summed E-state index contributed by atoms with van der Waals surface area (Å²) >= 11 is 0. The molecule has 546 valence electrons. The van der Waals surface area contributed by atoms with Gasteiger partial charge in [-0.3, -0.25) is 37.3 Å². The molecule has 6 atom stereocenters. The van der Waals surface area contributed by atoms with E-state index in [0.29, 0.717) is 25.7 Å². The lowest BCUT2D eigenvalue weighted by Crippen LogP contribution is -2.30. The summed E-state index contributed by atoms with van der Waals surface area (Å²) in [5.74, 6) is -0.531. The molecule has 0 bridgehead atoms. The summed E-state index contributed by atoms with van der Waals surface area (Å²) in [5, 5.41) is 10.6. The molecule has 0 saturated carbocycles. The number of phosphoric ester groups is 2. The molecule has 0 aliphatic rings. The Morgan fingerprint density at radius 3 is 0.826 bits per heavy atom. The average Bonchev–Trinajstić information content (AvgIpc) is 2.92. The smallest absolute Gasteiger partial charge is 0.462 e. The van der Waals surface area contributed by atoms with Crippen LogP contribution in [0.4, 0.5) is 0 Å². The van der Waals surface area contributed by atoms with Crippen molar-refractivity contribution in [3.63, 3.8) is 0 Å². The molecule has 0 spiro atoms. The van der Waals surface area contributed by atoms with E-state index >= 15 is 0 Å². The second-order valence-electron chi connectivity index (χ2n) is 27.1. The lowest BCUT2D eigenvalue weighted by molar-refractivity contribution is -0.161. The molecular formula is C73H142O17P2. The van der Waals surface area contributed by atoms with E-state index in [9.17, 15) is 43.2 Å². The first kappa shape index (κ1) is 90.1. The minimum absolute atomic E-state index is 0.107. The van der Waals surface area contributed by atoms with Gasteiger partial charge in [-0.2, -0.15) is 0 Å². The van der Waals surface area contributed by atoms with Gasteiger partial charge in [0.05, 0.1) is 26.4 Å². The van der Waals surface area contributed by atoms with Crippen LogP contribution in [-0.4, -0.2) is 96.7 Å². The number of hydrogen-bond donors (Lipinski definition) is 3. The number of aliphatic hydroxyl groups excluding tert-OH is 1. The Labute approximate surface area is 562 Å². The van der Waals surface area contributed by atoms with Crippen LogP contribution in [0.3, 0.4) is 0 Å². The van der Waals surface area contributed by atoms with Gasteiger partial charge in [0, 0.05) is 25.7 Å². The lowest BCUT2D eigenvalue weighted by Gasteiger charge is -2.21. The lowest BCUT2D eigenvalue weighted by atomic mass is 9.99. The van der Waals surface area contributed by atoms with Crippen molar-refractivity contribution in [2.24, 2.45) is 11.8 Å². The van der Waals surface area contributed by atoms with Crippen molar-refractivity contribution in [2.45, 2.75) is 394 Å². The van der Waals surface area contributed by atoms with Crippen molar-refractivity contribution in [1.29, 1.82) is 0 Å². The van der Waals surface area contributed by atoms with Crippen LogP contribution >= 0.6 is 15.6 Å². The molecule has 0 aliphatic heterocycles. The number of hydrogen-bond acceptors (Lipinski definition) is 15. The SMILES string of the molecule is CCCCCCCCCCCCCCC(=O)O[C@H](COC(=O)CCCCCCCCCCCCC)COP(=O)(O)OC[C@H](O)COP(=O)(O)OC[C@@H](COC(=O)CCCCCCCCCCCCC(C)CC)OC(=O)CCCCCCCCCCCCCCC(C)C. The van der Waals surface area contributed by atoms with E-state index in [1.807, 2.05) is 0 Å². The first-order valence-electron chi connectivity index (χ1n) is 38.0. The highest BCUT2D eigenvalue weighted by Gasteiger charge is 2.30. The predicted octanol–water partition coefficient (Wildman–Crippen LogP) is 21.2. The van der Waals surface area contributed by atoms with E-state index < -0.39 is 97.5 Å². The third-order valence-corrected chi connectivity index (χ3v) is 19.2. The van der Waals surface area contributed by atoms with E-state index in [1.54, 1.807) is 0 Å². The first-order chi connectivity index (χ1) is 44.4. The fraction of sp³-hybridized carbons (Fsp3) is 0.945. The summed E-state index contributed by atoms with van der Waals surface area (Å²) in [4.78, 5) is 72.7. The normalized spacial score (nSPS) is 14.4. The maximum absolute atomic E-state index is 13.1. The molecule has 0 radical (unpaired) electrons. The van der Waals surface area contributed by atoms with Crippen LogP contribution in [0.5, 0.6) is 0 Å². The second kappa shape index (κ2) is 65.0. The number of carbonyl (C=O) groups is 4. The molecule has 0 aliphatic carbocycles. The number of unbranched alkanes of at least 4 members (excludes halogenated alkanes) is 41. The van der Waals surface area contributed by atoms with Gasteiger partial charge in [0.1, 0.15) is 19.3 Å². The van der Waals surface area contributed by atoms with Gasteiger partial charge in [0.25, 0.3) is 0 Å². The van der Waals surface area contributed by atoms with Gasteiger partial charge in [-0.05, 0) is 37.5 Å². The third-order valence-electron chi connectivity index (χ3n) is 17.3. The van der Waals surface area contributed by atoms with Gasteiger partial charge in [-0.1, -0.05) is 324 Å². The Kier molecular flexibility index (Phi) is 63.7. The number of carbonyl (C=O) groups excluding carboxylic acids is 4. The largest absolute Gasteiger partial charge is 0.472 e. The monoisotopic (exact) mass is 1350 g/mol. The fourth-order valence-corrected chi connectivity index (χ4v) is 12.7. The molecule has 0 rings (SSSR count). The highest BCUT2D eigenvalue weighted by atomic mass is 31.2. The Hall–Kier alpha value is -1.94. The number of phosphoric acid groups is 2. The minimum atomic E-state index is -4.95. The molecule has 3 N–H and O–H groups in total. The Morgan fingerprint density at radius 1 is 0.315 bits per heavy atom. The zero-order chi connectivity index (χ0) is 67.9. The van der Waals surface area contributed by atoms with Gasteiger partial charge in [-0.15, -0.1) is 0 Å². The Balaban J connectivity index is 5.26. The molecule has 17 nitrogen and oxygen atoms in total. The fourth-order valence-electron chi connectivity index (χ4n) is 11.1. The zero-order valence-corrected chi connectivity index (χ0v) is 61.6. The van der Waals surface area contributed by atoms with Gasteiger partial charge in [0.2, 0.25) is 0 Å². The summed E-state index contributed by atoms with van der Waals surface area (Å²) in [5.41, 5.74) is 0. The minimum Gasteiger partial charge on any atom is -0.462 e. The van der Waals surface area contributed by atoms with E-state index in [-0.39, 0.29) is 25.7 Å². The van der Waals surface area contributed by atoms with Crippen LogP contribution in [0.25, 0.3) is 0 Å². The van der Waals surface area contributed by atoms with Crippen LogP contribution in [0.2, 0.25) is 0 Å². The van der Waals surface area contributed by atoms with Gasteiger partial charge < -0.3 is 33.8 Å². The van der Waals surface area contributed by atoms with Crippen molar-refractivity contribution in [2.75, 3.05) is 39.6 Å². The number of ether oxygens (including phenoxy) is 4. The van der Waals surface area contributed by atoms with Crippen LogP contribution in [0.15, 0.2) is 0 Å². The quantitative estimate of drug-likeness (QED) is 0.0222. The van der Waals surface area contributed by atoms with Crippen molar-refractivity contribution < 1.29 is 80.2 Å². The predicted molar refractivity (Wildman–Crippen MR) is 372 cm³/mol. The Bertz CT molecular complexity index is 1790. The van der Waals surface area contributed by atoms with E-state index in [1.165, 1.54) is 193 Å². The molecule has 0 aromatic rings. The molecule has 0 amide bonds. The number of rotatable bonds is 72. The van der Waals surface area contributed by atoms with Crippen molar-refractivity contribution in [3.8, 4) is 0 Å². The molecular weight excluding hydrogens is 1210 g/mol. The molecule has 92 heavy (non-hydrogen) atoms. The topological polar surface area (TPSA) is 237 Å². The summed E-state index contributed by atoms with van der Waals surface area (Å²) in [6.07, 6.45) is 51.0. The molecule has 0 aromatic heterocycles. The van der Waals surface area contributed by atoms with Crippen molar-refractivity contribution in [1.82, 2.24) is 0 Å².